The van der Waals surface area contributed by atoms with E-state index in [0.29, 0.717) is 6.42 Å². The average Bonchev–Trinajstić information content (AvgIpc) is 2.54. The van der Waals surface area contributed by atoms with Crippen molar-refractivity contribution in [3.05, 3.63) is 29.3 Å². The summed E-state index contributed by atoms with van der Waals surface area (Å²) in [4.78, 5) is 23.7. The molecule has 0 saturated carbocycles. The van der Waals surface area contributed by atoms with Gasteiger partial charge < -0.3 is 15.7 Å². The molecule has 17 heavy (non-hydrogen) atoms. The first kappa shape index (κ1) is 11.6. The molecule has 1 aromatic rings. The molecule has 0 bridgehead atoms. The third-order valence-electron chi connectivity index (χ3n) is 3.01. The summed E-state index contributed by atoms with van der Waals surface area (Å²) < 4.78 is 0. The van der Waals surface area contributed by atoms with Crippen LogP contribution >= 0.6 is 0 Å². The minimum atomic E-state index is -0.928. The van der Waals surface area contributed by atoms with Gasteiger partial charge in [-0.05, 0) is 17.2 Å². The first-order valence-electron chi connectivity index (χ1n) is 5.36. The number of likely N-dealkylation sites (N-methyl/N-ethyl adjacent to an activating group) is 1. The molecule has 1 aliphatic rings. The number of benzene rings is 1. The van der Waals surface area contributed by atoms with E-state index in [1.807, 2.05) is 6.07 Å². The number of amides is 1. The van der Waals surface area contributed by atoms with Crippen LogP contribution < -0.4 is 10.6 Å². The predicted octanol–water partition coefficient (Wildman–Crippen LogP) is 0.680. The quantitative estimate of drug-likeness (QED) is 0.805. The number of carboxylic acids is 1. The molecule has 5 nitrogen and oxygen atoms in total. The van der Waals surface area contributed by atoms with Gasteiger partial charge in [-0.3, -0.25) is 9.59 Å². The van der Waals surface area contributed by atoms with Crippen LogP contribution in [0.1, 0.15) is 23.6 Å². The number of aliphatic carboxylic acids is 1. The van der Waals surface area contributed by atoms with Crippen LogP contribution in [-0.4, -0.2) is 24.0 Å². The summed E-state index contributed by atoms with van der Waals surface area (Å²) in [5, 5.41) is 8.69. The van der Waals surface area contributed by atoms with Gasteiger partial charge in [0.15, 0.2) is 0 Å². The summed E-state index contributed by atoms with van der Waals surface area (Å²) in [6.07, 6.45) is 0.288. The second-order valence-electron chi connectivity index (χ2n) is 4.22. The smallest absolute Gasteiger partial charge is 0.305 e. The van der Waals surface area contributed by atoms with E-state index in [4.69, 9.17) is 10.8 Å². The monoisotopic (exact) mass is 234 g/mol. The summed E-state index contributed by atoms with van der Waals surface area (Å²) in [6, 6.07) is 4.89. The normalized spacial score (nSPS) is 15.9. The van der Waals surface area contributed by atoms with Crippen LogP contribution in [0.15, 0.2) is 18.2 Å². The van der Waals surface area contributed by atoms with Crippen molar-refractivity contribution in [2.45, 2.75) is 18.9 Å². The molecule has 0 aliphatic carbocycles. The topological polar surface area (TPSA) is 83.6 Å². The summed E-state index contributed by atoms with van der Waals surface area (Å²) in [5.74, 6) is -0.883. The van der Waals surface area contributed by atoms with Gasteiger partial charge in [0, 0.05) is 18.8 Å². The molecule has 1 amide bonds. The van der Waals surface area contributed by atoms with E-state index < -0.39 is 12.0 Å². The molecule has 3 N–H and O–H groups in total. The van der Waals surface area contributed by atoms with Gasteiger partial charge >= 0.3 is 5.97 Å². The molecule has 0 aromatic heterocycles. The third-order valence-corrected chi connectivity index (χ3v) is 3.01. The van der Waals surface area contributed by atoms with E-state index in [2.05, 4.69) is 0 Å². The largest absolute Gasteiger partial charge is 0.481 e. The van der Waals surface area contributed by atoms with E-state index in [9.17, 15) is 9.59 Å². The van der Waals surface area contributed by atoms with Crippen molar-refractivity contribution in [1.29, 1.82) is 0 Å². The zero-order valence-electron chi connectivity index (χ0n) is 9.51. The molecular weight excluding hydrogens is 220 g/mol. The highest BCUT2D eigenvalue weighted by molar-refractivity contribution is 6.01. The SMILES string of the molecule is CN1C(=O)Cc2ccc(C(N)CC(=O)O)cc21. The number of carbonyl (C=O) groups is 2. The van der Waals surface area contributed by atoms with Gasteiger partial charge in [0.05, 0.1) is 12.8 Å². The second kappa shape index (κ2) is 4.18. The molecular formula is C12H14N2O3. The van der Waals surface area contributed by atoms with Crippen molar-refractivity contribution in [2.24, 2.45) is 5.73 Å². The Hall–Kier alpha value is -1.88. The van der Waals surface area contributed by atoms with Crippen LogP contribution in [0.5, 0.6) is 0 Å². The Morgan fingerprint density at radius 2 is 2.29 bits per heavy atom. The highest BCUT2D eigenvalue weighted by Crippen LogP contribution is 2.30. The van der Waals surface area contributed by atoms with E-state index in [-0.39, 0.29) is 12.3 Å². The molecule has 1 aliphatic heterocycles. The van der Waals surface area contributed by atoms with Gasteiger partial charge in [-0.1, -0.05) is 12.1 Å². The number of nitrogens with two attached hydrogens (primary N) is 1. The van der Waals surface area contributed by atoms with Crippen LogP contribution in [0.4, 0.5) is 5.69 Å². The van der Waals surface area contributed by atoms with Crippen molar-refractivity contribution in [1.82, 2.24) is 0 Å². The lowest BCUT2D eigenvalue weighted by Crippen LogP contribution is -2.21. The highest BCUT2D eigenvalue weighted by Gasteiger charge is 2.24. The summed E-state index contributed by atoms with van der Waals surface area (Å²) in [7, 11) is 1.71. The van der Waals surface area contributed by atoms with Crippen LogP contribution in [0.2, 0.25) is 0 Å². The molecule has 90 valence electrons. The van der Waals surface area contributed by atoms with Crippen LogP contribution in [0, 0.1) is 0 Å². The Labute approximate surface area is 98.8 Å². The van der Waals surface area contributed by atoms with Gasteiger partial charge in [0.2, 0.25) is 5.91 Å². The zero-order chi connectivity index (χ0) is 12.6. The van der Waals surface area contributed by atoms with Gasteiger partial charge in [0.25, 0.3) is 0 Å². The maximum absolute atomic E-state index is 11.5. The molecule has 1 unspecified atom stereocenters. The van der Waals surface area contributed by atoms with E-state index in [1.165, 1.54) is 0 Å². The molecule has 0 spiro atoms. The minimum absolute atomic E-state index is 0.0453. The van der Waals surface area contributed by atoms with Crippen molar-refractivity contribution < 1.29 is 14.7 Å². The molecule has 0 radical (unpaired) electrons. The molecule has 2 rings (SSSR count). The number of anilines is 1. The predicted molar refractivity (Wildman–Crippen MR) is 62.7 cm³/mol. The van der Waals surface area contributed by atoms with Crippen molar-refractivity contribution in [3.8, 4) is 0 Å². The highest BCUT2D eigenvalue weighted by atomic mass is 16.4. The molecule has 5 heteroatoms. The standard InChI is InChI=1S/C12H14N2O3/c1-14-10-4-7(9(13)6-12(16)17)2-3-8(10)5-11(14)15/h2-4,9H,5-6,13H2,1H3,(H,16,17). The Balaban J connectivity index is 2.28. The number of hydrogen-bond donors (Lipinski definition) is 2. The minimum Gasteiger partial charge on any atom is -0.481 e. The van der Waals surface area contributed by atoms with E-state index >= 15 is 0 Å². The number of nitrogens with zero attached hydrogens (tertiary/aromatic N) is 1. The first-order valence-corrected chi connectivity index (χ1v) is 5.36. The molecule has 0 fully saturated rings. The fraction of sp³-hybridized carbons (Fsp3) is 0.333. The molecule has 1 aromatic carbocycles. The van der Waals surface area contributed by atoms with Gasteiger partial charge in [0.1, 0.15) is 0 Å². The lowest BCUT2D eigenvalue weighted by Gasteiger charge is -2.14. The van der Waals surface area contributed by atoms with Crippen LogP contribution in [0.25, 0.3) is 0 Å². The Morgan fingerprint density at radius 1 is 1.59 bits per heavy atom. The number of fused-ring (bicyclic) bond motifs is 1. The third kappa shape index (κ3) is 2.14. The number of carboxylic acid groups (broad SMARTS) is 1. The molecule has 1 atom stereocenters. The maximum Gasteiger partial charge on any atom is 0.305 e. The fourth-order valence-corrected chi connectivity index (χ4v) is 2.00. The summed E-state index contributed by atoms with van der Waals surface area (Å²) in [6.45, 7) is 0. The van der Waals surface area contributed by atoms with Crippen molar-refractivity contribution in [2.75, 3.05) is 11.9 Å². The Bertz CT molecular complexity index is 485. The summed E-state index contributed by atoms with van der Waals surface area (Å²) in [5.41, 5.74) is 8.32. The Morgan fingerprint density at radius 3 is 2.94 bits per heavy atom. The average molecular weight is 234 g/mol. The van der Waals surface area contributed by atoms with Gasteiger partial charge in [-0.25, -0.2) is 0 Å². The molecule has 1 heterocycles. The first-order chi connectivity index (χ1) is 7.99. The zero-order valence-corrected chi connectivity index (χ0v) is 9.51. The van der Waals surface area contributed by atoms with Crippen molar-refractivity contribution >= 4 is 17.6 Å². The lowest BCUT2D eigenvalue weighted by molar-refractivity contribution is -0.137. The maximum atomic E-state index is 11.5. The second-order valence-corrected chi connectivity index (χ2v) is 4.22. The number of rotatable bonds is 3. The Kier molecular flexibility index (Phi) is 2.85. The number of carbonyl (C=O) groups excluding carboxylic acids is 1. The van der Waals surface area contributed by atoms with E-state index in [0.717, 1.165) is 16.8 Å². The lowest BCUT2D eigenvalue weighted by atomic mass is 10.0. The van der Waals surface area contributed by atoms with Gasteiger partial charge in [-0.15, -0.1) is 0 Å². The number of hydrogen-bond acceptors (Lipinski definition) is 3. The fourth-order valence-electron chi connectivity index (χ4n) is 2.00. The molecule has 0 saturated heterocycles. The van der Waals surface area contributed by atoms with Gasteiger partial charge in [-0.2, -0.15) is 0 Å². The van der Waals surface area contributed by atoms with Crippen LogP contribution in [0.3, 0.4) is 0 Å². The van der Waals surface area contributed by atoms with Crippen LogP contribution in [-0.2, 0) is 16.0 Å². The van der Waals surface area contributed by atoms with Crippen molar-refractivity contribution in [3.63, 3.8) is 0 Å². The van der Waals surface area contributed by atoms with E-state index in [1.54, 1.807) is 24.1 Å². The summed E-state index contributed by atoms with van der Waals surface area (Å²) >= 11 is 0.